The molecule has 0 fully saturated rings. The third kappa shape index (κ3) is 9.36. The average molecular weight is 182 g/mol. The van der Waals surface area contributed by atoms with Crippen molar-refractivity contribution in [2.24, 2.45) is 0 Å². The lowest BCUT2D eigenvalue weighted by atomic mass is 10.1. The highest BCUT2D eigenvalue weighted by Gasteiger charge is 1.99. The third-order valence-corrected chi connectivity index (χ3v) is 2.22. The van der Waals surface area contributed by atoms with Gasteiger partial charge in [-0.25, -0.2) is 0 Å². The monoisotopic (exact) mass is 182 g/mol. The van der Waals surface area contributed by atoms with Gasteiger partial charge in [0.25, 0.3) is 0 Å². The highest BCUT2D eigenvalue weighted by atomic mass is 14.9. The molecule has 76 valence electrons. The molecule has 0 saturated heterocycles. The smallest absolute Gasteiger partial charge is 0.0635 e. The second-order valence-electron chi connectivity index (χ2n) is 3.61. The van der Waals surface area contributed by atoms with E-state index in [1.165, 1.54) is 32.1 Å². The number of unbranched alkanes of at least 4 members (excludes halogenated alkanes) is 3. The maximum Gasteiger partial charge on any atom is 0.0635 e. The Morgan fingerprint density at radius 2 is 2.08 bits per heavy atom. The quantitative estimate of drug-likeness (QED) is 0.586. The Labute approximate surface area is 82.3 Å². The van der Waals surface area contributed by atoms with Gasteiger partial charge in [-0.3, -0.25) is 0 Å². The molecular weight excluding hydrogens is 160 g/mol. The van der Waals surface area contributed by atoms with Crippen LogP contribution in [0.2, 0.25) is 0 Å². The zero-order valence-corrected chi connectivity index (χ0v) is 8.97. The Bertz CT molecular complexity index is 138. The van der Waals surface area contributed by atoms with Crippen LogP contribution in [0.15, 0.2) is 0 Å². The van der Waals surface area contributed by atoms with E-state index in [4.69, 9.17) is 5.26 Å². The third-order valence-electron chi connectivity index (χ3n) is 2.22. The Balaban J connectivity index is 3.11. The molecule has 1 atom stereocenters. The summed E-state index contributed by atoms with van der Waals surface area (Å²) in [6.45, 7) is 5.27. The summed E-state index contributed by atoms with van der Waals surface area (Å²) in [6.07, 6.45) is 7.18. The molecule has 0 aliphatic rings. The summed E-state index contributed by atoms with van der Waals surface area (Å²) in [6, 6.07) is 2.71. The van der Waals surface area contributed by atoms with E-state index in [2.05, 4.69) is 25.2 Å². The van der Waals surface area contributed by atoms with Gasteiger partial charge in [-0.2, -0.15) is 5.26 Å². The van der Waals surface area contributed by atoms with Crippen LogP contribution in [0.1, 0.15) is 52.4 Å². The molecule has 0 saturated carbocycles. The molecule has 0 aromatic rings. The summed E-state index contributed by atoms with van der Waals surface area (Å²) in [5.74, 6) is 0. The standard InChI is InChI=1S/C11H22N2/c1-3-4-5-6-8-11(2)13-10-7-9-12/h11,13H,3-8,10H2,1-2H3. The lowest BCUT2D eigenvalue weighted by Gasteiger charge is -2.11. The van der Waals surface area contributed by atoms with E-state index in [1.54, 1.807) is 0 Å². The number of nitrogens with one attached hydrogen (secondary N) is 1. The van der Waals surface area contributed by atoms with Crippen molar-refractivity contribution in [1.29, 1.82) is 5.26 Å². The molecule has 0 aromatic carbocycles. The van der Waals surface area contributed by atoms with E-state index < -0.39 is 0 Å². The first-order valence-corrected chi connectivity index (χ1v) is 5.41. The Hall–Kier alpha value is -0.550. The van der Waals surface area contributed by atoms with Gasteiger partial charge in [0.1, 0.15) is 0 Å². The zero-order chi connectivity index (χ0) is 9.94. The number of nitrogens with zero attached hydrogens (tertiary/aromatic N) is 1. The molecule has 0 amide bonds. The fourth-order valence-corrected chi connectivity index (χ4v) is 1.35. The van der Waals surface area contributed by atoms with Crippen molar-refractivity contribution in [1.82, 2.24) is 5.32 Å². The molecule has 2 nitrogen and oxygen atoms in total. The average Bonchev–Trinajstić information content (AvgIpc) is 2.13. The summed E-state index contributed by atoms with van der Waals surface area (Å²) in [7, 11) is 0. The van der Waals surface area contributed by atoms with Gasteiger partial charge in [0.15, 0.2) is 0 Å². The molecular formula is C11H22N2. The summed E-state index contributed by atoms with van der Waals surface area (Å²) >= 11 is 0. The lowest BCUT2D eigenvalue weighted by Crippen LogP contribution is -2.26. The fraction of sp³-hybridized carbons (Fsp3) is 0.909. The van der Waals surface area contributed by atoms with Crippen LogP contribution in [-0.4, -0.2) is 12.6 Å². The highest BCUT2D eigenvalue weighted by Crippen LogP contribution is 2.04. The normalized spacial score (nSPS) is 12.4. The highest BCUT2D eigenvalue weighted by molar-refractivity contribution is 4.72. The van der Waals surface area contributed by atoms with Crippen LogP contribution in [0, 0.1) is 11.3 Å². The van der Waals surface area contributed by atoms with Crippen molar-refractivity contribution in [3.8, 4) is 6.07 Å². The molecule has 0 heterocycles. The van der Waals surface area contributed by atoms with E-state index >= 15 is 0 Å². The van der Waals surface area contributed by atoms with Crippen LogP contribution < -0.4 is 5.32 Å². The number of hydrogen-bond acceptors (Lipinski definition) is 2. The maximum atomic E-state index is 8.34. The van der Waals surface area contributed by atoms with Crippen molar-refractivity contribution in [3.05, 3.63) is 0 Å². The Morgan fingerprint density at radius 1 is 1.31 bits per heavy atom. The van der Waals surface area contributed by atoms with Crippen molar-refractivity contribution < 1.29 is 0 Å². The molecule has 0 rings (SSSR count). The molecule has 0 aromatic heterocycles. The van der Waals surface area contributed by atoms with E-state index in [0.29, 0.717) is 12.5 Å². The summed E-state index contributed by atoms with van der Waals surface area (Å²) < 4.78 is 0. The zero-order valence-electron chi connectivity index (χ0n) is 8.97. The van der Waals surface area contributed by atoms with Gasteiger partial charge in [0.05, 0.1) is 6.07 Å². The van der Waals surface area contributed by atoms with Crippen LogP contribution >= 0.6 is 0 Å². The molecule has 1 N–H and O–H groups in total. The first-order chi connectivity index (χ1) is 6.31. The van der Waals surface area contributed by atoms with Gasteiger partial charge >= 0.3 is 0 Å². The minimum absolute atomic E-state index is 0.574. The molecule has 0 radical (unpaired) electrons. The number of hydrogen-bond donors (Lipinski definition) is 1. The summed E-state index contributed by atoms with van der Waals surface area (Å²) in [4.78, 5) is 0. The predicted molar refractivity (Wildman–Crippen MR) is 56.5 cm³/mol. The van der Waals surface area contributed by atoms with Gasteiger partial charge in [-0.1, -0.05) is 32.6 Å². The predicted octanol–water partition coefficient (Wildman–Crippen LogP) is 2.85. The number of nitriles is 1. The van der Waals surface area contributed by atoms with Gasteiger partial charge < -0.3 is 5.32 Å². The Kier molecular flexibility index (Phi) is 9.13. The van der Waals surface area contributed by atoms with Crippen molar-refractivity contribution >= 4 is 0 Å². The molecule has 2 heteroatoms. The molecule has 0 aliphatic heterocycles. The van der Waals surface area contributed by atoms with Crippen LogP contribution in [-0.2, 0) is 0 Å². The first-order valence-electron chi connectivity index (χ1n) is 5.41. The largest absolute Gasteiger partial charge is 0.313 e. The van der Waals surface area contributed by atoms with Gasteiger partial charge in [0, 0.05) is 19.0 Å². The summed E-state index contributed by atoms with van der Waals surface area (Å²) in [5.41, 5.74) is 0. The van der Waals surface area contributed by atoms with Crippen molar-refractivity contribution in [3.63, 3.8) is 0 Å². The van der Waals surface area contributed by atoms with Gasteiger partial charge in [0.2, 0.25) is 0 Å². The molecule has 13 heavy (non-hydrogen) atoms. The van der Waals surface area contributed by atoms with E-state index in [0.717, 1.165) is 6.54 Å². The number of rotatable bonds is 8. The van der Waals surface area contributed by atoms with Crippen LogP contribution in [0.25, 0.3) is 0 Å². The second-order valence-corrected chi connectivity index (χ2v) is 3.61. The molecule has 0 spiro atoms. The van der Waals surface area contributed by atoms with E-state index in [9.17, 15) is 0 Å². The Morgan fingerprint density at radius 3 is 2.69 bits per heavy atom. The van der Waals surface area contributed by atoms with Gasteiger partial charge in [-0.05, 0) is 13.3 Å². The minimum atomic E-state index is 0.574. The van der Waals surface area contributed by atoms with Crippen molar-refractivity contribution in [2.75, 3.05) is 6.54 Å². The van der Waals surface area contributed by atoms with Gasteiger partial charge in [-0.15, -0.1) is 0 Å². The molecule has 0 aliphatic carbocycles. The topological polar surface area (TPSA) is 35.8 Å². The maximum absolute atomic E-state index is 8.34. The lowest BCUT2D eigenvalue weighted by molar-refractivity contribution is 0.488. The van der Waals surface area contributed by atoms with Crippen molar-refractivity contribution in [2.45, 2.75) is 58.4 Å². The van der Waals surface area contributed by atoms with E-state index in [1.807, 2.05) is 0 Å². The fourth-order valence-electron chi connectivity index (χ4n) is 1.35. The summed E-state index contributed by atoms with van der Waals surface area (Å²) in [5, 5.41) is 11.7. The molecule has 0 bridgehead atoms. The minimum Gasteiger partial charge on any atom is -0.313 e. The first kappa shape index (κ1) is 12.4. The SMILES string of the molecule is CCCCCCC(C)NCCC#N. The van der Waals surface area contributed by atoms with Crippen LogP contribution in [0.5, 0.6) is 0 Å². The van der Waals surface area contributed by atoms with E-state index in [-0.39, 0.29) is 0 Å². The molecule has 1 unspecified atom stereocenters. The second kappa shape index (κ2) is 9.54. The van der Waals surface area contributed by atoms with Crippen LogP contribution in [0.4, 0.5) is 0 Å². The van der Waals surface area contributed by atoms with Crippen LogP contribution in [0.3, 0.4) is 0 Å².